The average molecular weight is 241 g/mol. The minimum atomic E-state index is -0.315. The van der Waals surface area contributed by atoms with Crippen LogP contribution in [0, 0.1) is 5.92 Å². The van der Waals surface area contributed by atoms with E-state index in [1.807, 2.05) is 11.8 Å². The fraction of sp³-hybridized carbons (Fsp3) is 0.923. The van der Waals surface area contributed by atoms with Crippen LogP contribution in [0.15, 0.2) is 0 Å². The summed E-state index contributed by atoms with van der Waals surface area (Å²) in [4.78, 5) is 13.8. The van der Waals surface area contributed by atoms with E-state index in [9.17, 15) is 9.90 Å². The molecule has 0 aromatic carbocycles. The second-order valence-corrected chi connectivity index (χ2v) is 5.25. The zero-order valence-corrected chi connectivity index (χ0v) is 10.6. The van der Waals surface area contributed by atoms with Crippen molar-refractivity contribution in [1.29, 1.82) is 0 Å². The van der Waals surface area contributed by atoms with Gasteiger partial charge < -0.3 is 14.7 Å². The minimum absolute atomic E-state index is 0.212. The number of nitrogens with zero attached hydrogens (tertiary/aromatic N) is 1. The summed E-state index contributed by atoms with van der Waals surface area (Å²) in [5.74, 6) is 0.710. The first-order valence-corrected chi connectivity index (χ1v) is 6.76. The summed E-state index contributed by atoms with van der Waals surface area (Å²) in [7, 11) is 0. The van der Waals surface area contributed by atoms with E-state index in [1.165, 1.54) is 0 Å². The third-order valence-corrected chi connectivity index (χ3v) is 3.81. The molecular formula is C13H23NO3. The number of hydrogen-bond donors (Lipinski definition) is 1. The Balaban J connectivity index is 1.68. The van der Waals surface area contributed by atoms with Crippen LogP contribution in [0.4, 0.5) is 0 Å². The molecule has 0 radical (unpaired) electrons. The van der Waals surface area contributed by atoms with Crippen molar-refractivity contribution in [2.75, 3.05) is 19.7 Å². The summed E-state index contributed by atoms with van der Waals surface area (Å²) in [6.07, 6.45) is 4.51. The molecule has 1 heterocycles. The molecule has 2 rings (SSSR count). The molecule has 4 heteroatoms. The highest BCUT2D eigenvalue weighted by Crippen LogP contribution is 2.33. The summed E-state index contributed by atoms with van der Waals surface area (Å²) in [5.41, 5.74) is 0. The zero-order valence-electron chi connectivity index (χ0n) is 10.6. The van der Waals surface area contributed by atoms with Crippen LogP contribution in [0.3, 0.4) is 0 Å². The molecule has 1 N–H and O–H groups in total. The Labute approximate surface area is 103 Å². The van der Waals surface area contributed by atoms with Crippen LogP contribution < -0.4 is 0 Å². The molecule has 1 saturated carbocycles. The first kappa shape index (κ1) is 12.8. The lowest BCUT2D eigenvalue weighted by Gasteiger charge is -2.37. The van der Waals surface area contributed by atoms with E-state index in [2.05, 4.69) is 0 Å². The number of carbonyl (C=O) groups excluding carboxylic acids is 1. The molecule has 1 aliphatic heterocycles. The highest BCUT2D eigenvalue weighted by Gasteiger charge is 2.33. The van der Waals surface area contributed by atoms with Crippen molar-refractivity contribution >= 4 is 5.91 Å². The Morgan fingerprint density at radius 1 is 1.47 bits per heavy atom. The van der Waals surface area contributed by atoms with Crippen LogP contribution >= 0.6 is 0 Å². The van der Waals surface area contributed by atoms with E-state index in [0.29, 0.717) is 25.0 Å². The van der Waals surface area contributed by atoms with E-state index >= 15 is 0 Å². The first-order chi connectivity index (χ1) is 8.19. The number of amides is 1. The van der Waals surface area contributed by atoms with E-state index in [4.69, 9.17) is 4.74 Å². The lowest BCUT2D eigenvalue weighted by Crippen LogP contribution is -2.44. The van der Waals surface area contributed by atoms with Gasteiger partial charge in [-0.15, -0.1) is 0 Å². The van der Waals surface area contributed by atoms with Crippen molar-refractivity contribution in [1.82, 2.24) is 4.90 Å². The predicted octanol–water partition coefficient (Wildman–Crippen LogP) is 1.17. The molecule has 98 valence electrons. The zero-order chi connectivity index (χ0) is 12.3. The second-order valence-electron chi connectivity index (χ2n) is 5.25. The van der Waals surface area contributed by atoms with Gasteiger partial charge in [0.25, 0.3) is 0 Å². The van der Waals surface area contributed by atoms with Gasteiger partial charge in [-0.2, -0.15) is 0 Å². The van der Waals surface area contributed by atoms with Gasteiger partial charge in [-0.3, -0.25) is 4.79 Å². The number of β-amino-alcohol motifs (C(OH)–C–C–N with tert-alkyl or cyclic N) is 1. The Bertz CT molecular complexity index is 263. The first-order valence-electron chi connectivity index (χ1n) is 6.76. The van der Waals surface area contributed by atoms with Crippen LogP contribution in [0.5, 0.6) is 0 Å². The van der Waals surface area contributed by atoms with Gasteiger partial charge in [0.1, 0.15) is 0 Å². The van der Waals surface area contributed by atoms with Crippen LogP contribution in [-0.4, -0.2) is 47.8 Å². The van der Waals surface area contributed by atoms with Crippen LogP contribution in [0.2, 0.25) is 0 Å². The molecule has 0 aromatic heterocycles. The molecule has 1 aliphatic carbocycles. The number of rotatable bonds is 4. The largest absolute Gasteiger partial charge is 0.391 e. The highest BCUT2D eigenvalue weighted by molar-refractivity contribution is 5.76. The molecule has 1 amide bonds. The number of ether oxygens (including phenoxy) is 1. The maximum Gasteiger partial charge on any atom is 0.222 e. The molecule has 17 heavy (non-hydrogen) atoms. The van der Waals surface area contributed by atoms with Crippen LogP contribution in [0.25, 0.3) is 0 Å². The monoisotopic (exact) mass is 241 g/mol. The Hall–Kier alpha value is -0.610. The van der Waals surface area contributed by atoms with Gasteiger partial charge in [0.15, 0.2) is 0 Å². The summed E-state index contributed by atoms with van der Waals surface area (Å²) in [6.45, 7) is 4.12. The molecule has 0 spiro atoms. The van der Waals surface area contributed by atoms with Crippen molar-refractivity contribution in [3.8, 4) is 0 Å². The smallest absolute Gasteiger partial charge is 0.222 e. The number of aliphatic hydroxyl groups is 1. The predicted molar refractivity (Wildman–Crippen MR) is 64.6 cm³/mol. The van der Waals surface area contributed by atoms with E-state index in [0.717, 1.165) is 38.8 Å². The van der Waals surface area contributed by atoms with E-state index in [-0.39, 0.29) is 12.0 Å². The van der Waals surface area contributed by atoms with E-state index in [1.54, 1.807) is 0 Å². The topological polar surface area (TPSA) is 49.8 Å². The molecule has 0 unspecified atom stereocenters. The normalized spacial score (nSPS) is 33.3. The molecule has 1 atom stereocenters. The van der Waals surface area contributed by atoms with Crippen molar-refractivity contribution in [3.63, 3.8) is 0 Å². The van der Waals surface area contributed by atoms with Crippen molar-refractivity contribution in [3.05, 3.63) is 0 Å². The van der Waals surface area contributed by atoms with Crippen molar-refractivity contribution in [2.45, 2.75) is 51.2 Å². The van der Waals surface area contributed by atoms with Gasteiger partial charge in [0.2, 0.25) is 5.91 Å². The molecule has 0 aromatic rings. The SMILES string of the molecule is CCOC1CC(CC(=O)N2CCC[C@H](O)C2)C1. The third kappa shape index (κ3) is 3.42. The molecule has 1 saturated heterocycles. The Morgan fingerprint density at radius 3 is 2.88 bits per heavy atom. The van der Waals surface area contributed by atoms with Crippen molar-refractivity contribution < 1.29 is 14.6 Å². The average Bonchev–Trinajstić information content (AvgIpc) is 2.26. The highest BCUT2D eigenvalue weighted by atomic mass is 16.5. The summed E-state index contributed by atoms with van der Waals surface area (Å²) in [5, 5.41) is 9.53. The van der Waals surface area contributed by atoms with Gasteiger partial charge in [0.05, 0.1) is 12.2 Å². The maximum absolute atomic E-state index is 12.0. The second kappa shape index (κ2) is 5.83. The van der Waals surface area contributed by atoms with Gasteiger partial charge in [-0.05, 0) is 38.5 Å². The van der Waals surface area contributed by atoms with E-state index < -0.39 is 0 Å². The quantitative estimate of drug-likeness (QED) is 0.804. The number of aliphatic hydroxyl groups excluding tert-OH is 1. The summed E-state index contributed by atoms with van der Waals surface area (Å²) >= 11 is 0. The van der Waals surface area contributed by atoms with Crippen LogP contribution in [-0.2, 0) is 9.53 Å². The number of likely N-dealkylation sites (tertiary alicyclic amines) is 1. The fourth-order valence-corrected chi connectivity index (χ4v) is 2.77. The Kier molecular flexibility index (Phi) is 4.40. The third-order valence-electron chi connectivity index (χ3n) is 3.81. The fourth-order valence-electron chi connectivity index (χ4n) is 2.77. The molecular weight excluding hydrogens is 218 g/mol. The number of carbonyl (C=O) groups is 1. The molecule has 4 nitrogen and oxygen atoms in total. The van der Waals surface area contributed by atoms with Gasteiger partial charge >= 0.3 is 0 Å². The number of hydrogen-bond acceptors (Lipinski definition) is 3. The summed E-state index contributed by atoms with van der Waals surface area (Å²) < 4.78 is 5.49. The van der Waals surface area contributed by atoms with Gasteiger partial charge in [0, 0.05) is 26.1 Å². The summed E-state index contributed by atoms with van der Waals surface area (Å²) in [6, 6.07) is 0. The molecule has 2 aliphatic rings. The van der Waals surface area contributed by atoms with Crippen LogP contribution in [0.1, 0.15) is 39.0 Å². The van der Waals surface area contributed by atoms with Gasteiger partial charge in [-0.1, -0.05) is 0 Å². The minimum Gasteiger partial charge on any atom is -0.391 e. The lowest BCUT2D eigenvalue weighted by molar-refractivity contribution is -0.137. The Morgan fingerprint density at radius 2 is 2.24 bits per heavy atom. The number of piperidine rings is 1. The molecule has 2 fully saturated rings. The standard InChI is InChI=1S/C13H23NO3/c1-2-17-12-6-10(7-12)8-13(16)14-5-3-4-11(15)9-14/h10-12,15H,2-9H2,1H3/t10?,11-,12?/m0/s1. The molecule has 0 bridgehead atoms. The lowest BCUT2D eigenvalue weighted by atomic mass is 9.79. The van der Waals surface area contributed by atoms with Crippen molar-refractivity contribution in [2.24, 2.45) is 5.92 Å². The van der Waals surface area contributed by atoms with Gasteiger partial charge in [-0.25, -0.2) is 0 Å². The maximum atomic E-state index is 12.0.